The SMILES string of the molecule is COc1ccc(NC(=O)COC(=O)c2c3c(nc4ccccc24)/C(=C/c2cccc(Oc4ccccc4)c2)CC3)c([N+](=O)[O-])c1. The number of carbonyl (C=O) groups excluding carboxylic acids is 2. The van der Waals surface area contributed by atoms with Crippen LogP contribution >= 0.6 is 0 Å². The summed E-state index contributed by atoms with van der Waals surface area (Å²) in [5, 5.41) is 14.6. The van der Waals surface area contributed by atoms with Gasteiger partial charge in [-0.1, -0.05) is 48.5 Å². The summed E-state index contributed by atoms with van der Waals surface area (Å²) in [7, 11) is 1.38. The summed E-state index contributed by atoms with van der Waals surface area (Å²) in [6.07, 6.45) is 3.26. The second-order valence-corrected chi connectivity index (χ2v) is 10.3. The van der Waals surface area contributed by atoms with E-state index < -0.39 is 23.4 Å². The Labute approximate surface area is 258 Å². The van der Waals surface area contributed by atoms with Gasteiger partial charge in [0.2, 0.25) is 0 Å². The Hall–Kier alpha value is -6.03. The molecule has 1 heterocycles. The van der Waals surface area contributed by atoms with E-state index >= 15 is 0 Å². The van der Waals surface area contributed by atoms with Gasteiger partial charge in [0.05, 0.1) is 34.9 Å². The molecule has 0 atom stereocenters. The topological polar surface area (TPSA) is 130 Å². The molecule has 0 bridgehead atoms. The quantitative estimate of drug-likeness (QED) is 0.106. The standard InChI is InChI=1S/C35H27N3O7/c1-43-25-15-17-30(31(20-25)38(41)42)36-32(39)21-44-35(40)33-27-12-5-6-13-29(27)37-34-23(14-16-28(33)34)18-22-8-7-11-26(19-22)45-24-9-3-2-4-10-24/h2-13,15,17-20H,14,16,21H2,1H3,(H,36,39)/b23-18+. The molecule has 1 amide bonds. The second-order valence-electron chi connectivity index (χ2n) is 10.3. The third-order valence-electron chi connectivity index (χ3n) is 7.33. The highest BCUT2D eigenvalue weighted by atomic mass is 16.6. The van der Waals surface area contributed by atoms with E-state index in [1.165, 1.54) is 25.3 Å². The summed E-state index contributed by atoms with van der Waals surface area (Å²) in [6.45, 7) is -0.635. The number of nitrogens with zero attached hydrogens (tertiary/aromatic N) is 2. The van der Waals surface area contributed by atoms with Gasteiger partial charge in [-0.05, 0) is 78.1 Å². The average Bonchev–Trinajstić information content (AvgIpc) is 3.44. The molecule has 10 heteroatoms. The molecule has 0 fully saturated rings. The van der Waals surface area contributed by atoms with Crippen molar-refractivity contribution in [1.82, 2.24) is 4.98 Å². The number of nitrogens with one attached hydrogen (secondary N) is 1. The van der Waals surface area contributed by atoms with Crippen LogP contribution in [0.2, 0.25) is 0 Å². The van der Waals surface area contributed by atoms with Crippen molar-refractivity contribution in [3.05, 3.63) is 130 Å². The highest BCUT2D eigenvalue weighted by Crippen LogP contribution is 2.38. The summed E-state index contributed by atoms with van der Waals surface area (Å²) >= 11 is 0. The van der Waals surface area contributed by atoms with Gasteiger partial charge in [-0.3, -0.25) is 14.9 Å². The van der Waals surface area contributed by atoms with Crippen molar-refractivity contribution < 1.29 is 28.7 Å². The number of methoxy groups -OCH3 is 1. The molecule has 1 N–H and O–H groups in total. The first-order valence-corrected chi connectivity index (χ1v) is 14.1. The predicted octanol–water partition coefficient (Wildman–Crippen LogP) is 7.23. The lowest BCUT2D eigenvalue weighted by Crippen LogP contribution is -2.22. The smallest absolute Gasteiger partial charge is 0.339 e. The van der Waals surface area contributed by atoms with E-state index in [1.54, 1.807) is 6.07 Å². The first kappa shape index (κ1) is 29.1. The third kappa shape index (κ3) is 6.35. The number of esters is 1. The number of benzene rings is 4. The molecule has 224 valence electrons. The maximum absolute atomic E-state index is 13.5. The number of ether oxygens (including phenoxy) is 3. The average molecular weight is 602 g/mol. The molecule has 4 aromatic carbocycles. The molecular formula is C35H27N3O7. The van der Waals surface area contributed by atoms with Crippen LogP contribution in [0.1, 0.15) is 33.6 Å². The number of fused-ring (bicyclic) bond motifs is 2. The third-order valence-corrected chi connectivity index (χ3v) is 7.33. The number of allylic oxidation sites excluding steroid dienone is 1. The van der Waals surface area contributed by atoms with Gasteiger partial charge in [0, 0.05) is 5.39 Å². The maximum atomic E-state index is 13.5. The van der Waals surface area contributed by atoms with Crippen molar-refractivity contribution in [3.63, 3.8) is 0 Å². The van der Waals surface area contributed by atoms with E-state index in [4.69, 9.17) is 19.2 Å². The molecule has 5 aromatic rings. The molecule has 0 spiro atoms. The normalized spacial score (nSPS) is 12.9. The zero-order valence-electron chi connectivity index (χ0n) is 24.2. The van der Waals surface area contributed by atoms with Crippen LogP contribution in [0, 0.1) is 10.1 Å². The number of pyridine rings is 1. The molecule has 1 aliphatic rings. The predicted molar refractivity (Wildman–Crippen MR) is 169 cm³/mol. The number of rotatable bonds is 9. The summed E-state index contributed by atoms with van der Waals surface area (Å²) in [5.74, 6) is 0.309. The lowest BCUT2D eigenvalue weighted by molar-refractivity contribution is -0.384. The van der Waals surface area contributed by atoms with Crippen LogP contribution in [0.25, 0.3) is 22.6 Å². The Balaban J connectivity index is 1.24. The molecule has 0 unspecified atom stereocenters. The molecule has 0 aliphatic heterocycles. The zero-order valence-corrected chi connectivity index (χ0v) is 24.2. The monoisotopic (exact) mass is 601 g/mol. The number of para-hydroxylation sites is 2. The van der Waals surface area contributed by atoms with Gasteiger partial charge in [0.15, 0.2) is 6.61 Å². The number of anilines is 1. The van der Waals surface area contributed by atoms with Gasteiger partial charge >= 0.3 is 5.97 Å². The van der Waals surface area contributed by atoms with Gasteiger partial charge in [-0.2, -0.15) is 0 Å². The maximum Gasteiger partial charge on any atom is 0.339 e. The summed E-state index contributed by atoms with van der Waals surface area (Å²) in [5.41, 5.74) is 3.93. The molecule has 0 radical (unpaired) electrons. The van der Waals surface area contributed by atoms with E-state index in [2.05, 4.69) is 5.32 Å². The lowest BCUT2D eigenvalue weighted by atomic mass is 10.0. The molecule has 1 aromatic heterocycles. The lowest BCUT2D eigenvalue weighted by Gasteiger charge is -2.13. The number of aromatic nitrogens is 1. The molecule has 6 rings (SSSR count). The minimum atomic E-state index is -0.718. The summed E-state index contributed by atoms with van der Waals surface area (Å²) in [4.78, 5) is 42.0. The summed E-state index contributed by atoms with van der Waals surface area (Å²) < 4.78 is 16.5. The Morgan fingerprint density at radius 3 is 2.49 bits per heavy atom. The Bertz CT molecular complexity index is 1970. The largest absolute Gasteiger partial charge is 0.496 e. The fourth-order valence-corrected chi connectivity index (χ4v) is 5.29. The Morgan fingerprint density at radius 2 is 1.69 bits per heavy atom. The number of nitro groups is 1. The highest BCUT2D eigenvalue weighted by molar-refractivity contribution is 6.08. The van der Waals surface area contributed by atoms with Crippen LogP contribution in [-0.2, 0) is 16.0 Å². The van der Waals surface area contributed by atoms with Crippen LogP contribution in [0.15, 0.2) is 97.1 Å². The van der Waals surface area contributed by atoms with Gasteiger partial charge in [-0.15, -0.1) is 0 Å². The first-order valence-electron chi connectivity index (χ1n) is 14.1. The fourth-order valence-electron chi connectivity index (χ4n) is 5.29. The molecular weight excluding hydrogens is 574 g/mol. The fraction of sp³-hybridized carbons (Fsp3) is 0.114. The number of carbonyl (C=O) groups is 2. The molecule has 0 saturated heterocycles. The van der Waals surface area contributed by atoms with Crippen LogP contribution < -0.4 is 14.8 Å². The van der Waals surface area contributed by atoms with Gasteiger partial charge in [0.1, 0.15) is 22.9 Å². The summed E-state index contributed by atoms with van der Waals surface area (Å²) in [6, 6.07) is 28.6. The number of nitro benzene ring substituents is 1. The molecule has 10 nitrogen and oxygen atoms in total. The molecule has 0 saturated carbocycles. The van der Waals surface area contributed by atoms with E-state index in [1.807, 2.05) is 78.9 Å². The molecule has 1 aliphatic carbocycles. The highest BCUT2D eigenvalue weighted by Gasteiger charge is 2.28. The first-order chi connectivity index (χ1) is 21.9. The van der Waals surface area contributed by atoms with E-state index in [0.29, 0.717) is 40.8 Å². The van der Waals surface area contributed by atoms with Crippen molar-refractivity contribution in [1.29, 1.82) is 0 Å². The number of amides is 1. The van der Waals surface area contributed by atoms with E-state index in [0.717, 1.165) is 22.4 Å². The van der Waals surface area contributed by atoms with E-state index in [-0.39, 0.29) is 17.1 Å². The number of hydrogen-bond acceptors (Lipinski definition) is 8. The van der Waals surface area contributed by atoms with Gasteiger partial charge in [-0.25, -0.2) is 9.78 Å². The van der Waals surface area contributed by atoms with Crippen LogP contribution in [-0.4, -0.2) is 35.5 Å². The Morgan fingerprint density at radius 1 is 0.911 bits per heavy atom. The van der Waals surface area contributed by atoms with Crippen LogP contribution in [0.4, 0.5) is 11.4 Å². The van der Waals surface area contributed by atoms with Crippen LogP contribution in [0.5, 0.6) is 17.2 Å². The van der Waals surface area contributed by atoms with Gasteiger partial charge in [0.25, 0.3) is 11.6 Å². The zero-order chi connectivity index (χ0) is 31.3. The minimum Gasteiger partial charge on any atom is -0.496 e. The van der Waals surface area contributed by atoms with Crippen molar-refractivity contribution in [2.24, 2.45) is 0 Å². The Kier molecular flexibility index (Phi) is 8.19. The number of hydrogen-bond donors (Lipinski definition) is 1. The van der Waals surface area contributed by atoms with Crippen molar-refractivity contribution in [3.8, 4) is 17.2 Å². The van der Waals surface area contributed by atoms with Crippen LogP contribution in [0.3, 0.4) is 0 Å². The van der Waals surface area contributed by atoms with Gasteiger partial charge < -0.3 is 19.5 Å². The second kappa shape index (κ2) is 12.7. The van der Waals surface area contributed by atoms with Crippen molar-refractivity contribution in [2.45, 2.75) is 12.8 Å². The minimum absolute atomic E-state index is 0.0369. The molecule has 45 heavy (non-hydrogen) atoms. The van der Waals surface area contributed by atoms with Crippen molar-refractivity contribution >= 4 is 45.8 Å². The van der Waals surface area contributed by atoms with Crippen molar-refractivity contribution in [2.75, 3.05) is 19.0 Å². The van der Waals surface area contributed by atoms with E-state index in [9.17, 15) is 19.7 Å².